The number of ether oxygens (including phenoxy) is 4. The lowest BCUT2D eigenvalue weighted by Crippen LogP contribution is -2.40. The Morgan fingerprint density at radius 3 is 2.40 bits per heavy atom. The van der Waals surface area contributed by atoms with Crippen molar-refractivity contribution in [1.82, 2.24) is 4.57 Å². The summed E-state index contributed by atoms with van der Waals surface area (Å²) in [6.45, 7) is 2.07. The Hall–Kier alpha value is -6.44. The predicted molar refractivity (Wildman–Crippen MR) is 200 cm³/mol. The van der Waals surface area contributed by atoms with Crippen LogP contribution in [0, 0.1) is 11.3 Å². The Morgan fingerprint density at radius 2 is 1.63 bits per heavy atom. The zero-order valence-electron chi connectivity index (χ0n) is 28.7. The molecule has 0 fully saturated rings. The number of carbonyl (C=O) groups is 1. The summed E-state index contributed by atoms with van der Waals surface area (Å²) in [5, 5.41) is 11.2. The Labute approximate surface area is 303 Å². The summed E-state index contributed by atoms with van der Waals surface area (Å²) in [6.07, 6.45) is 1.77. The van der Waals surface area contributed by atoms with Crippen LogP contribution in [0.5, 0.6) is 17.2 Å². The molecule has 52 heavy (non-hydrogen) atoms. The summed E-state index contributed by atoms with van der Waals surface area (Å²) in [4.78, 5) is 34.1. The predicted octanol–water partition coefficient (Wildman–Crippen LogP) is 6.56. The standard InChI is InChI=1S/C42H33N3O6S/c1-4-50-41(47)37-38(28-13-6-5-7-14-28)44-42-45(39(37)36-31-17-11-10-12-27(31)19-21-33(36)48-2)40(46)35(52-42)23-26-18-20-32(34(22-26)49-3)51-25-30-16-9-8-15-29(30)24-43/h5-23,39H,4,25H2,1-3H3/b35-23+. The highest BCUT2D eigenvalue weighted by Crippen LogP contribution is 2.42. The van der Waals surface area contributed by atoms with Crippen LogP contribution in [-0.2, 0) is 16.1 Å². The summed E-state index contributed by atoms with van der Waals surface area (Å²) in [6, 6.07) is 35.0. The molecule has 0 amide bonds. The molecule has 1 aromatic heterocycles. The van der Waals surface area contributed by atoms with E-state index in [2.05, 4.69) is 6.07 Å². The average molecular weight is 708 g/mol. The van der Waals surface area contributed by atoms with Crippen LogP contribution in [0.15, 0.2) is 125 Å². The molecule has 0 aliphatic carbocycles. The first-order chi connectivity index (χ1) is 25.4. The van der Waals surface area contributed by atoms with Crippen molar-refractivity contribution in [3.63, 3.8) is 0 Å². The van der Waals surface area contributed by atoms with Crippen LogP contribution in [-0.4, -0.2) is 31.4 Å². The van der Waals surface area contributed by atoms with Gasteiger partial charge in [-0.3, -0.25) is 9.36 Å². The lowest BCUT2D eigenvalue weighted by Gasteiger charge is -2.28. The van der Waals surface area contributed by atoms with Crippen molar-refractivity contribution >= 4 is 39.9 Å². The molecule has 0 spiro atoms. The van der Waals surface area contributed by atoms with Crippen LogP contribution in [0.3, 0.4) is 0 Å². The second kappa shape index (κ2) is 14.8. The summed E-state index contributed by atoms with van der Waals surface area (Å²) >= 11 is 1.23. The first-order valence-electron chi connectivity index (χ1n) is 16.6. The van der Waals surface area contributed by atoms with Gasteiger partial charge in [0.2, 0.25) is 0 Å². The van der Waals surface area contributed by atoms with Crippen LogP contribution in [0.4, 0.5) is 0 Å². The number of hydrogen-bond donors (Lipinski definition) is 0. The number of nitrogens with zero attached hydrogens (tertiary/aromatic N) is 3. The van der Waals surface area contributed by atoms with Crippen LogP contribution in [0.1, 0.15) is 40.8 Å². The maximum Gasteiger partial charge on any atom is 0.338 e. The van der Waals surface area contributed by atoms with Gasteiger partial charge in [0.05, 0.1) is 48.3 Å². The van der Waals surface area contributed by atoms with Crippen molar-refractivity contribution in [2.75, 3.05) is 20.8 Å². The third kappa shape index (κ3) is 6.34. The zero-order valence-corrected chi connectivity index (χ0v) is 29.5. The van der Waals surface area contributed by atoms with Gasteiger partial charge in [-0.2, -0.15) is 5.26 Å². The Balaban J connectivity index is 1.41. The molecule has 1 atom stereocenters. The molecule has 258 valence electrons. The van der Waals surface area contributed by atoms with Crippen LogP contribution in [0.2, 0.25) is 0 Å². The van der Waals surface area contributed by atoms with E-state index in [-0.39, 0.29) is 24.3 Å². The number of methoxy groups -OCH3 is 2. The highest BCUT2D eigenvalue weighted by atomic mass is 32.1. The van der Waals surface area contributed by atoms with E-state index in [0.29, 0.717) is 54.5 Å². The van der Waals surface area contributed by atoms with E-state index < -0.39 is 12.0 Å². The van der Waals surface area contributed by atoms with Gasteiger partial charge in [0.1, 0.15) is 18.4 Å². The summed E-state index contributed by atoms with van der Waals surface area (Å²) in [5.41, 5.74) is 3.69. The van der Waals surface area contributed by atoms with Crippen LogP contribution >= 0.6 is 11.3 Å². The molecule has 1 aliphatic rings. The van der Waals surface area contributed by atoms with E-state index in [9.17, 15) is 14.9 Å². The number of esters is 1. The van der Waals surface area contributed by atoms with Crippen molar-refractivity contribution in [3.8, 4) is 23.3 Å². The van der Waals surface area contributed by atoms with Crippen molar-refractivity contribution in [2.45, 2.75) is 19.6 Å². The van der Waals surface area contributed by atoms with Gasteiger partial charge in [0, 0.05) is 16.7 Å². The fourth-order valence-electron chi connectivity index (χ4n) is 6.40. The minimum absolute atomic E-state index is 0.139. The summed E-state index contributed by atoms with van der Waals surface area (Å²) in [5.74, 6) is 0.901. The Bertz CT molecular complexity index is 2580. The lowest BCUT2D eigenvalue weighted by molar-refractivity contribution is -0.138. The van der Waals surface area contributed by atoms with E-state index >= 15 is 0 Å². The average Bonchev–Trinajstić information content (AvgIpc) is 3.50. The number of fused-ring (bicyclic) bond motifs is 2. The number of rotatable bonds is 10. The number of benzene rings is 5. The molecule has 10 heteroatoms. The normalized spacial score (nSPS) is 14.0. The molecule has 7 rings (SSSR count). The molecule has 0 radical (unpaired) electrons. The van der Waals surface area contributed by atoms with E-state index in [1.807, 2.05) is 91.0 Å². The quantitative estimate of drug-likeness (QED) is 0.148. The second-order valence-electron chi connectivity index (χ2n) is 11.8. The number of nitriles is 1. The Kier molecular flexibility index (Phi) is 9.69. The monoisotopic (exact) mass is 707 g/mol. The van der Waals surface area contributed by atoms with E-state index in [4.69, 9.17) is 23.9 Å². The molecule has 1 aliphatic heterocycles. The summed E-state index contributed by atoms with van der Waals surface area (Å²) < 4.78 is 25.3. The Morgan fingerprint density at radius 1 is 0.904 bits per heavy atom. The molecular weight excluding hydrogens is 675 g/mol. The molecule has 2 heterocycles. The first kappa shape index (κ1) is 34.0. The highest BCUT2D eigenvalue weighted by Gasteiger charge is 2.37. The second-order valence-corrected chi connectivity index (χ2v) is 12.8. The maximum atomic E-state index is 14.6. The molecule has 1 unspecified atom stereocenters. The van der Waals surface area contributed by atoms with Gasteiger partial charge >= 0.3 is 5.97 Å². The first-order valence-corrected chi connectivity index (χ1v) is 17.4. The van der Waals surface area contributed by atoms with E-state index in [1.165, 1.54) is 11.3 Å². The van der Waals surface area contributed by atoms with Gasteiger partial charge in [-0.1, -0.05) is 96.3 Å². The molecule has 5 aromatic carbocycles. The molecular formula is C42H33N3O6S. The molecule has 6 aromatic rings. The zero-order chi connectivity index (χ0) is 36.2. The smallest absolute Gasteiger partial charge is 0.338 e. The van der Waals surface area contributed by atoms with Gasteiger partial charge in [-0.25, -0.2) is 9.79 Å². The minimum atomic E-state index is -0.921. The number of aromatic nitrogens is 1. The van der Waals surface area contributed by atoms with Crippen molar-refractivity contribution in [1.29, 1.82) is 5.26 Å². The number of hydrogen-bond acceptors (Lipinski definition) is 9. The van der Waals surface area contributed by atoms with Gasteiger partial charge in [-0.15, -0.1) is 0 Å². The molecule has 0 N–H and O–H groups in total. The van der Waals surface area contributed by atoms with Gasteiger partial charge in [0.15, 0.2) is 16.3 Å². The molecule has 0 saturated carbocycles. The minimum Gasteiger partial charge on any atom is -0.496 e. The van der Waals surface area contributed by atoms with Gasteiger partial charge < -0.3 is 18.9 Å². The summed E-state index contributed by atoms with van der Waals surface area (Å²) in [7, 11) is 3.12. The fourth-order valence-corrected chi connectivity index (χ4v) is 7.41. The van der Waals surface area contributed by atoms with Gasteiger partial charge in [-0.05, 0) is 53.6 Å². The van der Waals surface area contributed by atoms with Crippen molar-refractivity contribution in [3.05, 3.63) is 162 Å². The highest BCUT2D eigenvalue weighted by molar-refractivity contribution is 7.07. The third-order valence-corrected chi connectivity index (χ3v) is 9.79. The van der Waals surface area contributed by atoms with Crippen molar-refractivity contribution < 1.29 is 23.7 Å². The van der Waals surface area contributed by atoms with Gasteiger partial charge in [0.25, 0.3) is 5.56 Å². The number of carbonyl (C=O) groups excluding carboxylic acids is 1. The third-order valence-electron chi connectivity index (χ3n) is 8.80. The van der Waals surface area contributed by atoms with E-state index in [0.717, 1.165) is 16.3 Å². The topological polar surface area (TPSA) is 112 Å². The molecule has 0 bridgehead atoms. The van der Waals surface area contributed by atoms with Crippen LogP contribution in [0.25, 0.3) is 22.5 Å². The SMILES string of the molecule is CCOC(=O)C1=C(c2ccccc2)N=c2s/c(=C/c3ccc(OCc4ccccc4C#N)c(OC)c3)c(=O)n2C1c1c(OC)ccc2ccccc12. The van der Waals surface area contributed by atoms with Crippen LogP contribution < -0.4 is 29.1 Å². The van der Waals surface area contributed by atoms with Crippen molar-refractivity contribution in [2.24, 2.45) is 4.99 Å². The molecule has 9 nitrogen and oxygen atoms in total. The lowest BCUT2D eigenvalue weighted by atomic mass is 9.89. The largest absolute Gasteiger partial charge is 0.496 e. The van der Waals surface area contributed by atoms with E-state index in [1.54, 1.807) is 50.0 Å². The fraction of sp³-hybridized carbons (Fsp3) is 0.143. The maximum absolute atomic E-state index is 14.6. The molecule has 0 saturated heterocycles. The number of thiazole rings is 1.